The summed E-state index contributed by atoms with van der Waals surface area (Å²) in [6.07, 6.45) is 4.66. The lowest BCUT2D eigenvalue weighted by molar-refractivity contribution is 0.117. The van der Waals surface area contributed by atoms with E-state index in [1.165, 1.54) is 6.26 Å². The number of rotatable bonds is 4. The highest BCUT2D eigenvalue weighted by molar-refractivity contribution is 7.90. The van der Waals surface area contributed by atoms with Gasteiger partial charge in [-0.15, -0.1) is 0 Å². The molecule has 4 nitrogen and oxygen atoms in total. The molecule has 14 heavy (non-hydrogen) atoms. The van der Waals surface area contributed by atoms with E-state index in [0.29, 0.717) is 12.6 Å². The van der Waals surface area contributed by atoms with Crippen LogP contribution in [0.2, 0.25) is 0 Å². The van der Waals surface area contributed by atoms with E-state index in [4.69, 9.17) is 0 Å². The largest absolute Gasteiger partial charge is 0.393 e. The van der Waals surface area contributed by atoms with Crippen LogP contribution >= 0.6 is 0 Å². The van der Waals surface area contributed by atoms with E-state index in [-0.39, 0.29) is 11.9 Å². The lowest BCUT2D eigenvalue weighted by Gasteiger charge is -2.26. The van der Waals surface area contributed by atoms with E-state index in [9.17, 15) is 13.5 Å². The van der Waals surface area contributed by atoms with Crippen molar-refractivity contribution < 1.29 is 13.5 Å². The molecule has 5 heteroatoms. The highest BCUT2D eigenvalue weighted by Gasteiger charge is 2.18. The van der Waals surface area contributed by atoms with Gasteiger partial charge in [0.2, 0.25) is 0 Å². The molecular weight excluding hydrogens is 202 g/mol. The van der Waals surface area contributed by atoms with Gasteiger partial charge < -0.3 is 10.4 Å². The van der Waals surface area contributed by atoms with Gasteiger partial charge in [0, 0.05) is 18.8 Å². The van der Waals surface area contributed by atoms with Crippen LogP contribution in [0, 0.1) is 0 Å². The summed E-state index contributed by atoms with van der Waals surface area (Å²) in [5.41, 5.74) is 0. The molecule has 0 heterocycles. The first-order valence-electron chi connectivity index (χ1n) is 5.06. The molecule has 84 valence electrons. The summed E-state index contributed by atoms with van der Waals surface area (Å²) in [5, 5.41) is 12.5. The fourth-order valence-corrected chi connectivity index (χ4v) is 2.22. The fourth-order valence-electron chi connectivity index (χ4n) is 1.73. The Bertz CT molecular complexity index is 255. The second-order valence-corrected chi connectivity index (χ2v) is 6.35. The number of aliphatic hydroxyl groups excluding tert-OH is 1. The average Bonchev–Trinajstić information content (AvgIpc) is 2.06. The molecule has 0 spiro atoms. The van der Waals surface area contributed by atoms with E-state index in [1.54, 1.807) is 0 Å². The van der Waals surface area contributed by atoms with Gasteiger partial charge in [0.1, 0.15) is 9.84 Å². The SMILES string of the molecule is CS(=O)(=O)CCN[C@H]1CC[C@@H](O)CC1. The molecule has 1 saturated carbocycles. The second-order valence-electron chi connectivity index (χ2n) is 4.09. The Labute approximate surface area is 85.6 Å². The van der Waals surface area contributed by atoms with Crippen LogP contribution < -0.4 is 5.32 Å². The van der Waals surface area contributed by atoms with Gasteiger partial charge in [-0.05, 0) is 25.7 Å². The number of aliphatic hydroxyl groups is 1. The minimum Gasteiger partial charge on any atom is -0.393 e. The summed E-state index contributed by atoms with van der Waals surface area (Å²) in [6, 6.07) is 0.389. The van der Waals surface area contributed by atoms with Gasteiger partial charge in [0.05, 0.1) is 11.9 Å². The van der Waals surface area contributed by atoms with Gasteiger partial charge in [0.25, 0.3) is 0 Å². The Hall–Kier alpha value is -0.130. The van der Waals surface area contributed by atoms with Crippen LogP contribution in [0.5, 0.6) is 0 Å². The van der Waals surface area contributed by atoms with Crippen molar-refractivity contribution >= 4 is 9.84 Å². The van der Waals surface area contributed by atoms with E-state index < -0.39 is 9.84 Å². The Morgan fingerprint density at radius 2 is 1.86 bits per heavy atom. The van der Waals surface area contributed by atoms with E-state index in [2.05, 4.69) is 5.32 Å². The zero-order chi connectivity index (χ0) is 10.6. The van der Waals surface area contributed by atoms with Gasteiger partial charge in [-0.1, -0.05) is 0 Å². The summed E-state index contributed by atoms with van der Waals surface area (Å²) in [4.78, 5) is 0. The predicted molar refractivity (Wildman–Crippen MR) is 56.0 cm³/mol. The van der Waals surface area contributed by atoms with Crippen molar-refractivity contribution in [3.8, 4) is 0 Å². The van der Waals surface area contributed by atoms with Crippen molar-refractivity contribution in [2.45, 2.75) is 37.8 Å². The van der Waals surface area contributed by atoms with Gasteiger partial charge in [0.15, 0.2) is 0 Å². The van der Waals surface area contributed by atoms with Crippen LogP contribution in [0.15, 0.2) is 0 Å². The third-order valence-corrected chi connectivity index (χ3v) is 3.55. The summed E-state index contributed by atoms with van der Waals surface area (Å²) >= 11 is 0. The Morgan fingerprint density at radius 3 is 2.36 bits per heavy atom. The number of nitrogens with one attached hydrogen (secondary N) is 1. The molecular formula is C9H19NO3S. The van der Waals surface area contributed by atoms with Crippen molar-refractivity contribution in [1.82, 2.24) is 5.32 Å². The first-order valence-corrected chi connectivity index (χ1v) is 7.12. The average molecular weight is 221 g/mol. The maximum Gasteiger partial charge on any atom is 0.148 e. The molecule has 0 saturated heterocycles. The van der Waals surface area contributed by atoms with Crippen LogP contribution in [0.25, 0.3) is 0 Å². The third kappa shape index (κ3) is 4.93. The fraction of sp³-hybridized carbons (Fsp3) is 1.00. The molecule has 0 unspecified atom stereocenters. The lowest BCUT2D eigenvalue weighted by atomic mass is 9.93. The molecule has 0 aromatic carbocycles. The minimum atomic E-state index is -2.85. The van der Waals surface area contributed by atoms with Gasteiger partial charge >= 0.3 is 0 Å². The second kappa shape index (κ2) is 5.09. The molecule has 0 aromatic heterocycles. The minimum absolute atomic E-state index is 0.150. The lowest BCUT2D eigenvalue weighted by Crippen LogP contribution is -2.37. The van der Waals surface area contributed by atoms with Crippen LogP contribution in [0.3, 0.4) is 0 Å². The van der Waals surface area contributed by atoms with Crippen molar-refractivity contribution in [2.75, 3.05) is 18.6 Å². The monoisotopic (exact) mass is 221 g/mol. The molecule has 0 aromatic rings. The maximum absolute atomic E-state index is 10.8. The maximum atomic E-state index is 10.8. The smallest absolute Gasteiger partial charge is 0.148 e. The normalized spacial score (nSPS) is 29.0. The molecule has 0 amide bonds. The van der Waals surface area contributed by atoms with E-state index in [1.807, 2.05) is 0 Å². The number of sulfone groups is 1. The zero-order valence-electron chi connectivity index (χ0n) is 8.57. The van der Waals surface area contributed by atoms with E-state index >= 15 is 0 Å². The van der Waals surface area contributed by atoms with Crippen LogP contribution in [-0.2, 0) is 9.84 Å². The predicted octanol–water partition coefficient (Wildman–Crippen LogP) is -0.0759. The van der Waals surface area contributed by atoms with Crippen molar-refractivity contribution in [3.05, 3.63) is 0 Å². The molecule has 1 aliphatic carbocycles. The first-order chi connectivity index (χ1) is 6.47. The standard InChI is InChI=1S/C9H19NO3S/c1-14(12,13)7-6-10-8-2-4-9(11)5-3-8/h8-11H,2-7H2,1H3/t8-,9+. The Kier molecular flexibility index (Phi) is 4.34. The summed E-state index contributed by atoms with van der Waals surface area (Å²) in [6.45, 7) is 0.527. The third-order valence-electron chi connectivity index (χ3n) is 2.60. The van der Waals surface area contributed by atoms with Crippen molar-refractivity contribution in [3.63, 3.8) is 0 Å². The molecule has 0 atom stereocenters. The number of hydrogen-bond acceptors (Lipinski definition) is 4. The number of hydrogen-bond donors (Lipinski definition) is 2. The topological polar surface area (TPSA) is 66.4 Å². The Balaban J connectivity index is 2.14. The highest BCUT2D eigenvalue weighted by Crippen LogP contribution is 2.17. The van der Waals surface area contributed by atoms with Crippen LogP contribution in [-0.4, -0.2) is 44.2 Å². The van der Waals surface area contributed by atoms with Gasteiger partial charge in [-0.3, -0.25) is 0 Å². The summed E-state index contributed by atoms with van der Waals surface area (Å²) < 4.78 is 21.7. The van der Waals surface area contributed by atoms with Crippen molar-refractivity contribution in [1.29, 1.82) is 0 Å². The summed E-state index contributed by atoms with van der Waals surface area (Å²) in [5.74, 6) is 0.200. The highest BCUT2D eigenvalue weighted by atomic mass is 32.2. The molecule has 1 rings (SSSR count). The van der Waals surface area contributed by atoms with Crippen LogP contribution in [0.1, 0.15) is 25.7 Å². The van der Waals surface area contributed by atoms with E-state index in [0.717, 1.165) is 25.7 Å². The first kappa shape index (κ1) is 11.9. The quantitative estimate of drug-likeness (QED) is 0.697. The summed E-state index contributed by atoms with van der Waals surface area (Å²) in [7, 11) is -2.85. The van der Waals surface area contributed by atoms with Crippen molar-refractivity contribution in [2.24, 2.45) is 0 Å². The van der Waals surface area contributed by atoms with Gasteiger partial charge in [-0.2, -0.15) is 0 Å². The Morgan fingerprint density at radius 1 is 1.29 bits per heavy atom. The van der Waals surface area contributed by atoms with Gasteiger partial charge in [-0.25, -0.2) is 8.42 Å². The molecule has 0 bridgehead atoms. The molecule has 2 N–H and O–H groups in total. The molecule has 1 aliphatic rings. The molecule has 0 radical (unpaired) electrons. The van der Waals surface area contributed by atoms with Crippen LogP contribution in [0.4, 0.5) is 0 Å². The zero-order valence-corrected chi connectivity index (χ0v) is 9.39. The molecule has 0 aliphatic heterocycles. The molecule has 1 fully saturated rings.